The van der Waals surface area contributed by atoms with Gasteiger partial charge in [0.2, 0.25) is 0 Å². The summed E-state index contributed by atoms with van der Waals surface area (Å²) in [7, 11) is 1.70. The molecule has 0 bridgehead atoms. The molecule has 1 fully saturated rings. The summed E-state index contributed by atoms with van der Waals surface area (Å²) in [6, 6.07) is 3.54. The first kappa shape index (κ1) is 25.0. The first-order valence-corrected chi connectivity index (χ1v) is 9.71. The van der Waals surface area contributed by atoms with Crippen LogP contribution in [0.25, 0.3) is 0 Å². The molecule has 0 amide bonds. The Kier molecular flexibility index (Phi) is 12.6. The van der Waals surface area contributed by atoms with E-state index < -0.39 is 5.82 Å². The molecule has 0 unspecified atom stereocenters. The molecular weight excluding hydrogens is 479 g/mol. The number of halogens is 3. The summed E-state index contributed by atoms with van der Waals surface area (Å²) >= 11 is 0. The summed E-state index contributed by atoms with van der Waals surface area (Å²) in [5.41, 5.74) is 0.359. The summed E-state index contributed by atoms with van der Waals surface area (Å²) in [6.07, 6.45) is 3.48. The Morgan fingerprint density at radius 3 is 2.68 bits per heavy atom. The summed E-state index contributed by atoms with van der Waals surface area (Å²) in [5, 5.41) is 3.29. The second kappa shape index (κ2) is 14.1. The topological polar surface area (TPSA) is 46.1 Å². The average molecular weight is 511 g/mol. The minimum absolute atomic E-state index is 0. The Hall–Kier alpha value is -1.00. The monoisotopic (exact) mass is 511 g/mol. The minimum atomic E-state index is -0.421. The number of hydrogen-bond donors (Lipinski definition) is 1. The number of likely N-dealkylation sites (tertiary alicyclic amines) is 1. The second-order valence-corrected chi connectivity index (χ2v) is 6.62. The number of methoxy groups -OCH3 is 1. The van der Waals surface area contributed by atoms with Crippen LogP contribution in [0.15, 0.2) is 23.2 Å². The fraction of sp³-hybridized carbons (Fsp3) is 0.650. The van der Waals surface area contributed by atoms with Crippen LogP contribution in [-0.2, 0) is 15.9 Å². The van der Waals surface area contributed by atoms with Crippen molar-refractivity contribution in [2.45, 2.75) is 38.7 Å². The van der Waals surface area contributed by atoms with E-state index in [-0.39, 0.29) is 35.9 Å². The second-order valence-electron chi connectivity index (χ2n) is 6.62. The fourth-order valence-electron chi connectivity index (χ4n) is 3.13. The number of aliphatic imine (C=N–C) groups is 1. The highest BCUT2D eigenvalue weighted by Crippen LogP contribution is 2.15. The lowest BCUT2D eigenvalue weighted by Crippen LogP contribution is -2.47. The fourth-order valence-corrected chi connectivity index (χ4v) is 3.13. The van der Waals surface area contributed by atoms with Crippen molar-refractivity contribution < 1.29 is 18.3 Å². The van der Waals surface area contributed by atoms with Crippen LogP contribution in [0.1, 0.15) is 31.7 Å². The van der Waals surface area contributed by atoms with Crippen LogP contribution in [0.5, 0.6) is 0 Å². The number of nitrogens with one attached hydrogen (secondary N) is 1. The van der Waals surface area contributed by atoms with E-state index in [2.05, 4.69) is 15.2 Å². The highest BCUT2D eigenvalue weighted by molar-refractivity contribution is 14.0. The molecule has 0 aromatic heterocycles. The SMILES string of the molecule is CCNC(=NCCc1cc(F)ccc1F)N1CCC(OCCCOC)CC1.I. The number of piperidine rings is 1. The highest BCUT2D eigenvalue weighted by atomic mass is 127. The molecule has 0 atom stereocenters. The first-order valence-electron chi connectivity index (χ1n) is 9.71. The third kappa shape index (κ3) is 8.57. The van der Waals surface area contributed by atoms with E-state index in [1.165, 1.54) is 6.07 Å². The van der Waals surface area contributed by atoms with Gasteiger partial charge in [0.25, 0.3) is 0 Å². The number of benzene rings is 1. The number of guanidine groups is 1. The molecule has 2 rings (SSSR count). The van der Waals surface area contributed by atoms with Gasteiger partial charge in [-0.05, 0) is 56.4 Å². The van der Waals surface area contributed by atoms with Gasteiger partial charge in [0.05, 0.1) is 6.10 Å². The van der Waals surface area contributed by atoms with E-state index in [1.807, 2.05) is 6.92 Å². The molecule has 160 valence electrons. The minimum Gasteiger partial charge on any atom is -0.385 e. The number of ether oxygens (including phenoxy) is 2. The van der Waals surface area contributed by atoms with Crippen LogP contribution in [0.3, 0.4) is 0 Å². The van der Waals surface area contributed by atoms with Crippen molar-refractivity contribution in [1.29, 1.82) is 0 Å². The van der Waals surface area contributed by atoms with Gasteiger partial charge < -0.3 is 19.7 Å². The van der Waals surface area contributed by atoms with E-state index in [0.717, 1.165) is 70.2 Å². The molecule has 8 heteroatoms. The van der Waals surface area contributed by atoms with E-state index in [1.54, 1.807) is 7.11 Å². The zero-order valence-electron chi connectivity index (χ0n) is 16.8. The van der Waals surface area contributed by atoms with Gasteiger partial charge in [-0.3, -0.25) is 4.99 Å². The number of rotatable bonds is 9. The van der Waals surface area contributed by atoms with Crippen molar-refractivity contribution in [2.24, 2.45) is 4.99 Å². The Morgan fingerprint density at radius 1 is 1.25 bits per heavy atom. The molecule has 1 N–H and O–H groups in total. The van der Waals surface area contributed by atoms with Gasteiger partial charge in [0.1, 0.15) is 11.6 Å². The highest BCUT2D eigenvalue weighted by Gasteiger charge is 2.21. The molecule has 1 aliphatic rings. The van der Waals surface area contributed by atoms with Crippen LogP contribution in [0, 0.1) is 11.6 Å². The Labute approximate surface area is 183 Å². The Morgan fingerprint density at radius 2 is 2.00 bits per heavy atom. The van der Waals surface area contributed by atoms with Gasteiger partial charge in [0.15, 0.2) is 5.96 Å². The maximum Gasteiger partial charge on any atom is 0.193 e. The predicted molar refractivity (Wildman–Crippen MR) is 118 cm³/mol. The average Bonchev–Trinajstić information content (AvgIpc) is 2.68. The Bertz CT molecular complexity index is 597. The lowest BCUT2D eigenvalue weighted by atomic mass is 10.1. The molecular formula is C20H32F2IN3O2. The molecule has 1 aromatic carbocycles. The molecule has 0 spiro atoms. The van der Waals surface area contributed by atoms with Crippen molar-refractivity contribution in [3.05, 3.63) is 35.4 Å². The van der Waals surface area contributed by atoms with Gasteiger partial charge in [-0.2, -0.15) is 0 Å². The normalized spacial score (nSPS) is 15.4. The van der Waals surface area contributed by atoms with Gasteiger partial charge in [-0.1, -0.05) is 0 Å². The molecule has 0 aliphatic carbocycles. The van der Waals surface area contributed by atoms with E-state index >= 15 is 0 Å². The largest absolute Gasteiger partial charge is 0.385 e. The number of nitrogens with zero attached hydrogens (tertiary/aromatic N) is 2. The maximum absolute atomic E-state index is 13.7. The van der Waals surface area contributed by atoms with E-state index in [4.69, 9.17) is 9.47 Å². The van der Waals surface area contributed by atoms with Crippen LogP contribution in [-0.4, -0.2) is 63.5 Å². The summed E-state index contributed by atoms with van der Waals surface area (Å²) in [5.74, 6) is 0.0186. The lowest BCUT2D eigenvalue weighted by Gasteiger charge is -2.34. The molecule has 28 heavy (non-hydrogen) atoms. The maximum atomic E-state index is 13.7. The van der Waals surface area contributed by atoms with E-state index in [0.29, 0.717) is 18.5 Å². The third-order valence-electron chi connectivity index (χ3n) is 4.57. The smallest absolute Gasteiger partial charge is 0.193 e. The first-order chi connectivity index (χ1) is 13.1. The zero-order chi connectivity index (χ0) is 19.5. The van der Waals surface area contributed by atoms with Gasteiger partial charge >= 0.3 is 0 Å². The van der Waals surface area contributed by atoms with Crippen molar-refractivity contribution in [1.82, 2.24) is 10.2 Å². The number of hydrogen-bond acceptors (Lipinski definition) is 3. The van der Waals surface area contributed by atoms with Crippen molar-refractivity contribution in [3.8, 4) is 0 Å². The molecule has 0 radical (unpaired) electrons. The van der Waals surface area contributed by atoms with Gasteiger partial charge in [0, 0.05) is 46.5 Å². The standard InChI is InChI=1S/C20H31F2N3O2.HI/c1-3-23-20(24-10-7-16-15-17(21)5-6-19(16)22)25-11-8-18(9-12-25)27-14-4-13-26-2;/h5-6,15,18H,3-4,7-14H2,1-2H3,(H,23,24);1H. The van der Waals surface area contributed by atoms with Gasteiger partial charge in [-0.25, -0.2) is 8.78 Å². The molecule has 1 saturated heterocycles. The quantitative estimate of drug-likeness (QED) is 0.238. The molecule has 1 heterocycles. The van der Waals surface area contributed by atoms with Crippen LogP contribution < -0.4 is 5.32 Å². The van der Waals surface area contributed by atoms with Crippen molar-refractivity contribution >= 4 is 29.9 Å². The van der Waals surface area contributed by atoms with Crippen LogP contribution in [0.4, 0.5) is 8.78 Å². The van der Waals surface area contributed by atoms with Crippen molar-refractivity contribution in [2.75, 3.05) is 46.5 Å². The lowest BCUT2D eigenvalue weighted by molar-refractivity contribution is 0.00991. The summed E-state index contributed by atoms with van der Waals surface area (Å²) < 4.78 is 37.9. The third-order valence-corrected chi connectivity index (χ3v) is 4.57. The molecule has 0 saturated carbocycles. The van der Waals surface area contributed by atoms with Crippen LogP contribution in [0.2, 0.25) is 0 Å². The summed E-state index contributed by atoms with van der Waals surface area (Å²) in [4.78, 5) is 6.81. The van der Waals surface area contributed by atoms with E-state index in [9.17, 15) is 8.78 Å². The van der Waals surface area contributed by atoms with Crippen molar-refractivity contribution in [3.63, 3.8) is 0 Å². The molecule has 1 aromatic rings. The summed E-state index contributed by atoms with van der Waals surface area (Å²) in [6.45, 7) is 6.39. The van der Waals surface area contributed by atoms with Gasteiger partial charge in [-0.15, -0.1) is 24.0 Å². The Balaban J connectivity index is 0.00000392. The molecule has 5 nitrogen and oxygen atoms in total. The zero-order valence-corrected chi connectivity index (χ0v) is 19.1. The predicted octanol–water partition coefficient (Wildman–Crippen LogP) is 3.61. The molecule has 1 aliphatic heterocycles. The van der Waals surface area contributed by atoms with Crippen LogP contribution >= 0.6 is 24.0 Å².